The molecule has 1 amide bonds. The highest BCUT2D eigenvalue weighted by atomic mass is 16.5. The van der Waals surface area contributed by atoms with Gasteiger partial charge in [0.05, 0.1) is 24.5 Å². The molecule has 2 heterocycles. The van der Waals surface area contributed by atoms with Gasteiger partial charge in [0.2, 0.25) is 0 Å². The molecule has 0 radical (unpaired) electrons. The van der Waals surface area contributed by atoms with Gasteiger partial charge >= 0.3 is 0 Å². The monoisotopic (exact) mass is 399 g/mol. The quantitative estimate of drug-likeness (QED) is 0.515. The van der Waals surface area contributed by atoms with Crippen molar-refractivity contribution in [2.45, 2.75) is 26.5 Å². The lowest BCUT2D eigenvalue weighted by Gasteiger charge is -2.23. The van der Waals surface area contributed by atoms with Gasteiger partial charge in [0.15, 0.2) is 0 Å². The van der Waals surface area contributed by atoms with E-state index in [1.807, 2.05) is 65.3 Å². The zero-order valence-electron chi connectivity index (χ0n) is 17.4. The lowest BCUT2D eigenvalue weighted by atomic mass is 9.94. The standard InChI is InChI=1S/C25H25N3O2/c1-17-7-6-8-18(2)23(17)24(21-15-26-22-9-4-5-14-28(21)22)27-25(29)20-12-10-19(11-13-20)16-30-3/h4-15,24H,16H2,1-3H3,(H,27,29). The number of pyridine rings is 1. The molecule has 152 valence electrons. The number of aryl methyl sites for hydroxylation is 2. The number of amides is 1. The SMILES string of the molecule is COCc1ccc(C(=O)NC(c2c(C)cccc2C)c2cnc3ccccn23)cc1. The van der Waals surface area contributed by atoms with Crippen LogP contribution >= 0.6 is 0 Å². The van der Waals surface area contributed by atoms with Crippen molar-refractivity contribution in [1.82, 2.24) is 14.7 Å². The van der Waals surface area contributed by atoms with Crippen molar-refractivity contribution in [3.05, 3.63) is 107 Å². The first-order valence-electron chi connectivity index (χ1n) is 9.95. The molecule has 2 aromatic heterocycles. The van der Waals surface area contributed by atoms with Crippen LogP contribution in [0.25, 0.3) is 5.65 Å². The van der Waals surface area contributed by atoms with E-state index in [-0.39, 0.29) is 11.9 Å². The molecule has 0 aliphatic heterocycles. The molecule has 0 bridgehead atoms. The average Bonchev–Trinajstić information content (AvgIpc) is 3.17. The third kappa shape index (κ3) is 3.84. The van der Waals surface area contributed by atoms with Crippen LogP contribution in [0.1, 0.15) is 44.3 Å². The fourth-order valence-electron chi connectivity index (χ4n) is 3.88. The maximum Gasteiger partial charge on any atom is 0.252 e. The van der Waals surface area contributed by atoms with Crippen molar-refractivity contribution in [3.63, 3.8) is 0 Å². The number of methoxy groups -OCH3 is 1. The van der Waals surface area contributed by atoms with Crippen LogP contribution in [0.15, 0.2) is 73.1 Å². The predicted molar refractivity (Wildman–Crippen MR) is 118 cm³/mol. The van der Waals surface area contributed by atoms with Gasteiger partial charge in [0, 0.05) is 18.9 Å². The van der Waals surface area contributed by atoms with Crippen molar-refractivity contribution >= 4 is 11.6 Å². The largest absolute Gasteiger partial charge is 0.380 e. The van der Waals surface area contributed by atoms with Gasteiger partial charge in [-0.1, -0.05) is 36.4 Å². The van der Waals surface area contributed by atoms with E-state index in [0.29, 0.717) is 12.2 Å². The van der Waals surface area contributed by atoms with E-state index in [1.165, 1.54) is 0 Å². The number of benzene rings is 2. The Labute approximate surface area is 176 Å². The summed E-state index contributed by atoms with van der Waals surface area (Å²) in [5.41, 5.74) is 6.76. The van der Waals surface area contributed by atoms with Gasteiger partial charge in [0.1, 0.15) is 5.65 Å². The van der Waals surface area contributed by atoms with E-state index in [2.05, 4.69) is 36.3 Å². The molecule has 1 N–H and O–H groups in total. The number of aromatic nitrogens is 2. The predicted octanol–water partition coefficient (Wildman–Crippen LogP) is 4.62. The van der Waals surface area contributed by atoms with Gasteiger partial charge < -0.3 is 14.5 Å². The molecule has 0 spiro atoms. The average molecular weight is 399 g/mol. The van der Waals surface area contributed by atoms with E-state index in [1.54, 1.807) is 7.11 Å². The number of hydrogen-bond acceptors (Lipinski definition) is 3. The zero-order chi connectivity index (χ0) is 21.1. The second-order valence-electron chi connectivity index (χ2n) is 7.45. The number of carbonyl (C=O) groups is 1. The van der Waals surface area contributed by atoms with Crippen molar-refractivity contribution in [1.29, 1.82) is 0 Å². The highest BCUT2D eigenvalue weighted by molar-refractivity contribution is 5.94. The molecule has 4 aromatic rings. The Bertz CT molecular complexity index is 1160. The summed E-state index contributed by atoms with van der Waals surface area (Å²) >= 11 is 0. The normalized spacial score (nSPS) is 12.1. The number of rotatable bonds is 6. The maximum absolute atomic E-state index is 13.2. The van der Waals surface area contributed by atoms with Crippen LogP contribution in [-0.4, -0.2) is 22.4 Å². The van der Waals surface area contributed by atoms with E-state index in [0.717, 1.165) is 33.6 Å². The third-order valence-electron chi connectivity index (χ3n) is 5.37. The molecule has 5 nitrogen and oxygen atoms in total. The van der Waals surface area contributed by atoms with Gasteiger partial charge in [-0.3, -0.25) is 4.79 Å². The lowest BCUT2D eigenvalue weighted by molar-refractivity contribution is 0.0942. The first kappa shape index (κ1) is 19.9. The Hall–Kier alpha value is -3.44. The van der Waals surface area contributed by atoms with Crippen LogP contribution in [0, 0.1) is 13.8 Å². The minimum Gasteiger partial charge on any atom is -0.380 e. The summed E-state index contributed by atoms with van der Waals surface area (Å²) in [5.74, 6) is -0.127. The van der Waals surface area contributed by atoms with Gasteiger partial charge in [0.25, 0.3) is 5.91 Å². The van der Waals surface area contributed by atoms with Crippen molar-refractivity contribution < 1.29 is 9.53 Å². The fraction of sp³-hybridized carbons (Fsp3) is 0.200. The highest BCUT2D eigenvalue weighted by Crippen LogP contribution is 2.29. The smallest absolute Gasteiger partial charge is 0.252 e. The van der Waals surface area contributed by atoms with Crippen LogP contribution in [0.3, 0.4) is 0 Å². The third-order valence-corrected chi connectivity index (χ3v) is 5.37. The minimum atomic E-state index is -0.324. The Morgan fingerprint density at radius 2 is 1.77 bits per heavy atom. The van der Waals surface area contributed by atoms with E-state index in [4.69, 9.17) is 4.74 Å². The molecule has 0 saturated heterocycles. The highest BCUT2D eigenvalue weighted by Gasteiger charge is 2.24. The van der Waals surface area contributed by atoms with E-state index < -0.39 is 0 Å². The molecule has 0 aliphatic carbocycles. The Balaban J connectivity index is 1.75. The number of nitrogens with zero attached hydrogens (tertiary/aromatic N) is 2. The summed E-state index contributed by atoms with van der Waals surface area (Å²) < 4.78 is 7.18. The van der Waals surface area contributed by atoms with Gasteiger partial charge in [-0.2, -0.15) is 0 Å². The van der Waals surface area contributed by atoms with Gasteiger partial charge in [-0.05, 0) is 60.4 Å². The Morgan fingerprint density at radius 1 is 1.03 bits per heavy atom. The summed E-state index contributed by atoms with van der Waals surface area (Å²) in [5, 5.41) is 3.25. The number of imidazole rings is 1. The zero-order valence-corrected chi connectivity index (χ0v) is 17.4. The maximum atomic E-state index is 13.2. The fourth-order valence-corrected chi connectivity index (χ4v) is 3.88. The molecule has 1 atom stereocenters. The summed E-state index contributed by atoms with van der Waals surface area (Å²) in [4.78, 5) is 17.7. The number of ether oxygens (including phenoxy) is 1. The molecular formula is C25H25N3O2. The number of carbonyl (C=O) groups excluding carboxylic acids is 1. The molecule has 30 heavy (non-hydrogen) atoms. The van der Waals surface area contributed by atoms with Crippen molar-refractivity contribution in [2.75, 3.05) is 7.11 Å². The van der Waals surface area contributed by atoms with Crippen molar-refractivity contribution in [3.8, 4) is 0 Å². The second-order valence-corrected chi connectivity index (χ2v) is 7.45. The first-order chi connectivity index (χ1) is 14.6. The summed E-state index contributed by atoms with van der Waals surface area (Å²) in [7, 11) is 1.66. The van der Waals surface area contributed by atoms with Crippen LogP contribution < -0.4 is 5.32 Å². The van der Waals surface area contributed by atoms with Gasteiger partial charge in [-0.25, -0.2) is 4.98 Å². The lowest BCUT2D eigenvalue weighted by Crippen LogP contribution is -2.31. The molecule has 0 aliphatic rings. The first-order valence-corrected chi connectivity index (χ1v) is 9.95. The number of hydrogen-bond donors (Lipinski definition) is 1. The minimum absolute atomic E-state index is 0.127. The molecule has 0 fully saturated rings. The topological polar surface area (TPSA) is 55.6 Å². The Morgan fingerprint density at radius 3 is 2.47 bits per heavy atom. The van der Waals surface area contributed by atoms with Gasteiger partial charge in [-0.15, -0.1) is 0 Å². The molecule has 1 unspecified atom stereocenters. The molecule has 2 aromatic carbocycles. The Kier molecular flexibility index (Phi) is 5.63. The molecular weight excluding hydrogens is 374 g/mol. The number of nitrogens with one attached hydrogen (secondary N) is 1. The molecule has 5 heteroatoms. The number of fused-ring (bicyclic) bond motifs is 1. The summed E-state index contributed by atoms with van der Waals surface area (Å²) in [6.45, 7) is 4.67. The van der Waals surface area contributed by atoms with Crippen LogP contribution in [-0.2, 0) is 11.3 Å². The van der Waals surface area contributed by atoms with Crippen LogP contribution in [0.5, 0.6) is 0 Å². The van der Waals surface area contributed by atoms with Crippen LogP contribution in [0.2, 0.25) is 0 Å². The van der Waals surface area contributed by atoms with Crippen molar-refractivity contribution in [2.24, 2.45) is 0 Å². The summed E-state index contributed by atoms with van der Waals surface area (Å²) in [6, 6.07) is 19.2. The van der Waals surface area contributed by atoms with E-state index in [9.17, 15) is 4.79 Å². The summed E-state index contributed by atoms with van der Waals surface area (Å²) in [6.07, 6.45) is 3.82. The van der Waals surface area contributed by atoms with E-state index >= 15 is 0 Å². The second kappa shape index (κ2) is 8.51. The van der Waals surface area contributed by atoms with Crippen LogP contribution in [0.4, 0.5) is 0 Å². The molecule has 4 rings (SSSR count). The molecule has 0 saturated carbocycles.